The van der Waals surface area contributed by atoms with Gasteiger partial charge < -0.3 is 4.90 Å². The molecule has 0 saturated carbocycles. The smallest absolute Gasteiger partial charge is 0.0750 e. The Morgan fingerprint density at radius 3 is 2.43 bits per heavy atom. The number of hydrogen-bond acceptors (Lipinski definition) is 2. The van der Waals surface area contributed by atoms with Gasteiger partial charge in [0, 0.05) is 24.3 Å². The molecule has 2 nitrogen and oxygen atoms in total. The lowest BCUT2D eigenvalue weighted by Gasteiger charge is -2.30. The lowest BCUT2D eigenvalue weighted by atomic mass is 9.93. The van der Waals surface area contributed by atoms with E-state index in [1.165, 1.54) is 28.0 Å². The zero-order chi connectivity index (χ0) is 14.8. The number of hydrogen-bond donors (Lipinski definition) is 0. The molecule has 0 spiro atoms. The number of rotatable bonds is 2. The molecule has 0 radical (unpaired) electrons. The first-order valence-corrected chi connectivity index (χ1v) is 7.36. The number of para-hydroxylation sites is 1. The van der Waals surface area contributed by atoms with Crippen LogP contribution in [0.15, 0.2) is 53.5 Å². The lowest BCUT2D eigenvalue weighted by Crippen LogP contribution is -2.24. The fourth-order valence-electron chi connectivity index (χ4n) is 3.08. The molecular weight excluding hydrogens is 256 g/mol. The van der Waals surface area contributed by atoms with Crippen molar-refractivity contribution in [2.24, 2.45) is 4.99 Å². The predicted molar refractivity (Wildman–Crippen MR) is 91.6 cm³/mol. The van der Waals surface area contributed by atoms with E-state index in [2.05, 4.69) is 79.0 Å². The molecule has 0 amide bonds. The molecule has 1 aliphatic heterocycles. The Kier molecular flexibility index (Phi) is 3.61. The van der Waals surface area contributed by atoms with Crippen molar-refractivity contribution in [2.45, 2.75) is 20.4 Å². The summed E-state index contributed by atoms with van der Waals surface area (Å²) in [6, 6.07) is 17.0. The third-order valence-corrected chi connectivity index (χ3v) is 4.18. The molecule has 3 rings (SSSR count). The molecule has 0 unspecified atom stereocenters. The van der Waals surface area contributed by atoms with E-state index in [9.17, 15) is 0 Å². The van der Waals surface area contributed by atoms with Gasteiger partial charge >= 0.3 is 0 Å². The highest BCUT2D eigenvalue weighted by Crippen LogP contribution is 2.37. The molecule has 0 aromatic heterocycles. The number of fused-ring (bicyclic) bond motifs is 2. The molecule has 0 atom stereocenters. The third kappa shape index (κ3) is 2.27. The van der Waals surface area contributed by atoms with E-state index < -0.39 is 0 Å². The molecule has 0 fully saturated rings. The van der Waals surface area contributed by atoms with Crippen molar-refractivity contribution in [2.75, 3.05) is 11.4 Å². The van der Waals surface area contributed by atoms with Crippen molar-refractivity contribution in [3.63, 3.8) is 0 Å². The molecular formula is C19H20N2. The van der Waals surface area contributed by atoms with Crippen LogP contribution in [0.5, 0.6) is 0 Å². The minimum absolute atomic E-state index is 0.922. The van der Waals surface area contributed by atoms with E-state index in [4.69, 9.17) is 0 Å². The van der Waals surface area contributed by atoms with Crippen LogP contribution in [0.25, 0.3) is 11.3 Å². The van der Waals surface area contributed by atoms with E-state index in [0.29, 0.717) is 0 Å². The number of anilines is 1. The monoisotopic (exact) mass is 276 g/mol. The van der Waals surface area contributed by atoms with Gasteiger partial charge in [0.1, 0.15) is 0 Å². The summed E-state index contributed by atoms with van der Waals surface area (Å²) in [5.41, 5.74) is 7.19. The van der Waals surface area contributed by atoms with Crippen LogP contribution >= 0.6 is 0 Å². The number of aliphatic imine (C=N–C) groups is 1. The molecule has 0 bridgehead atoms. The van der Waals surface area contributed by atoms with Gasteiger partial charge in [-0.15, -0.1) is 0 Å². The average Bonchev–Trinajstić information content (AvgIpc) is 2.53. The van der Waals surface area contributed by atoms with Gasteiger partial charge in [-0.05, 0) is 43.3 Å². The quantitative estimate of drug-likeness (QED) is 0.731. The predicted octanol–water partition coefficient (Wildman–Crippen LogP) is 4.62. The molecule has 1 heterocycles. The van der Waals surface area contributed by atoms with Crippen molar-refractivity contribution in [3.05, 3.63) is 65.2 Å². The highest BCUT2D eigenvalue weighted by atomic mass is 15.1. The maximum Gasteiger partial charge on any atom is 0.0750 e. The van der Waals surface area contributed by atoms with Crippen molar-refractivity contribution in [3.8, 4) is 0 Å². The van der Waals surface area contributed by atoms with Crippen molar-refractivity contribution >= 4 is 23.7 Å². The molecule has 2 aromatic carbocycles. The summed E-state index contributed by atoms with van der Waals surface area (Å²) in [5, 5.41) is 0. The number of allylic oxidation sites excluding steroid dienone is 1. The van der Waals surface area contributed by atoms with Crippen LogP contribution in [0.4, 0.5) is 5.69 Å². The molecule has 0 saturated heterocycles. The average molecular weight is 276 g/mol. The van der Waals surface area contributed by atoms with Crippen molar-refractivity contribution in [1.82, 2.24) is 0 Å². The summed E-state index contributed by atoms with van der Waals surface area (Å²) >= 11 is 0. The van der Waals surface area contributed by atoms with Gasteiger partial charge in [0.05, 0.1) is 5.70 Å². The Bertz CT molecular complexity index is 713. The van der Waals surface area contributed by atoms with E-state index in [1.807, 2.05) is 0 Å². The van der Waals surface area contributed by atoms with Gasteiger partial charge in [-0.1, -0.05) is 42.5 Å². The molecule has 1 aliphatic rings. The largest absolute Gasteiger partial charge is 0.367 e. The van der Waals surface area contributed by atoms with Crippen LogP contribution in [0.1, 0.15) is 30.5 Å². The minimum atomic E-state index is 0.922. The van der Waals surface area contributed by atoms with Crippen LogP contribution < -0.4 is 4.90 Å². The minimum Gasteiger partial charge on any atom is -0.367 e. The first-order valence-electron chi connectivity index (χ1n) is 7.36. The second kappa shape index (κ2) is 5.57. The fourth-order valence-corrected chi connectivity index (χ4v) is 3.08. The zero-order valence-corrected chi connectivity index (χ0v) is 12.6. The Balaban J connectivity index is 2.34. The van der Waals surface area contributed by atoms with Gasteiger partial charge in [-0.2, -0.15) is 0 Å². The Hall–Kier alpha value is -2.35. The maximum atomic E-state index is 4.34. The first kappa shape index (κ1) is 13.6. The van der Waals surface area contributed by atoms with Gasteiger partial charge in [0.25, 0.3) is 0 Å². The summed E-state index contributed by atoms with van der Waals surface area (Å²) in [7, 11) is 0. The Morgan fingerprint density at radius 2 is 1.71 bits per heavy atom. The van der Waals surface area contributed by atoms with E-state index in [0.717, 1.165) is 18.8 Å². The number of benzene rings is 2. The second-order valence-corrected chi connectivity index (χ2v) is 5.32. The summed E-state index contributed by atoms with van der Waals surface area (Å²) in [4.78, 5) is 6.74. The first-order chi connectivity index (χ1) is 10.3. The summed E-state index contributed by atoms with van der Waals surface area (Å²) in [5.74, 6) is 0. The third-order valence-electron chi connectivity index (χ3n) is 4.18. The summed E-state index contributed by atoms with van der Waals surface area (Å²) in [6.07, 6.45) is 0. The molecule has 2 aromatic rings. The van der Waals surface area contributed by atoms with Gasteiger partial charge in [0.15, 0.2) is 0 Å². The van der Waals surface area contributed by atoms with Gasteiger partial charge in [-0.25, -0.2) is 0 Å². The molecule has 21 heavy (non-hydrogen) atoms. The molecule has 2 heteroatoms. The van der Waals surface area contributed by atoms with Gasteiger partial charge in [-0.3, -0.25) is 4.99 Å². The normalized spacial score (nSPS) is 17.5. The van der Waals surface area contributed by atoms with Crippen molar-refractivity contribution < 1.29 is 0 Å². The molecule has 0 N–H and O–H groups in total. The number of nitrogens with zero attached hydrogens (tertiary/aromatic N) is 2. The summed E-state index contributed by atoms with van der Waals surface area (Å²) < 4.78 is 0. The highest BCUT2D eigenvalue weighted by molar-refractivity contribution is 5.95. The van der Waals surface area contributed by atoms with E-state index in [-0.39, 0.29) is 0 Å². The zero-order valence-electron chi connectivity index (χ0n) is 12.6. The molecule has 0 aliphatic carbocycles. The van der Waals surface area contributed by atoms with Crippen LogP contribution in [0.3, 0.4) is 0 Å². The van der Waals surface area contributed by atoms with E-state index in [1.54, 1.807) is 0 Å². The SMILES string of the molecule is C=N/C1=C(\C)c2ccccc2CN(CC)c2ccccc21. The van der Waals surface area contributed by atoms with Crippen LogP contribution in [-0.2, 0) is 6.54 Å². The topological polar surface area (TPSA) is 15.6 Å². The summed E-state index contributed by atoms with van der Waals surface area (Å²) in [6.45, 7) is 10.0. The van der Waals surface area contributed by atoms with Crippen LogP contribution in [0.2, 0.25) is 0 Å². The lowest BCUT2D eigenvalue weighted by molar-refractivity contribution is 0.826. The van der Waals surface area contributed by atoms with Gasteiger partial charge in [0.2, 0.25) is 0 Å². The standard InChI is InChI=1S/C19H20N2/c1-4-21-13-15-9-5-6-10-16(15)14(2)19(20-3)17-11-7-8-12-18(17)21/h5-12H,3-4,13H2,1-2H3/b19-14+. The van der Waals surface area contributed by atoms with Crippen molar-refractivity contribution in [1.29, 1.82) is 0 Å². The van der Waals surface area contributed by atoms with Crippen LogP contribution in [-0.4, -0.2) is 13.3 Å². The second-order valence-electron chi connectivity index (χ2n) is 5.32. The highest BCUT2D eigenvalue weighted by Gasteiger charge is 2.20. The maximum absolute atomic E-state index is 4.34. The Morgan fingerprint density at radius 1 is 1.05 bits per heavy atom. The van der Waals surface area contributed by atoms with Crippen LogP contribution in [0, 0.1) is 0 Å². The molecule has 106 valence electrons. The Labute approximate surface area is 126 Å². The van der Waals surface area contributed by atoms with E-state index >= 15 is 0 Å². The fraction of sp³-hybridized carbons (Fsp3) is 0.211.